The number of hydrogen-bond acceptors (Lipinski definition) is 4. The van der Waals surface area contributed by atoms with Crippen molar-refractivity contribution in [2.24, 2.45) is 18.7 Å². The van der Waals surface area contributed by atoms with Crippen LogP contribution in [0.25, 0.3) is 0 Å². The number of amides is 1. The summed E-state index contributed by atoms with van der Waals surface area (Å²) in [7, 11) is 1.91. The smallest absolute Gasteiger partial charge is 0.237 e. The van der Waals surface area contributed by atoms with E-state index in [0.29, 0.717) is 5.92 Å². The van der Waals surface area contributed by atoms with Crippen LogP contribution in [0.3, 0.4) is 0 Å². The number of hydrogen-bond donors (Lipinski definition) is 2. The SMILES string of the molecule is CC(C)C[C@H](N)C(=O)NC1CCCN(c2cnn(C)c2)C1. The minimum Gasteiger partial charge on any atom is -0.367 e. The number of nitrogens with one attached hydrogen (secondary N) is 1. The number of aromatic nitrogens is 2. The van der Waals surface area contributed by atoms with E-state index in [1.807, 2.05) is 19.4 Å². The summed E-state index contributed by atoms with van der Waals surface area (Å²) in [4.78, 5) is 14.4. The Morgan fingerprint density at radius 1 is 1.57 bits per heavy atom. The first-order valence-electron chi connectivity index (χ1n) is 7.75. The lowest BCUT2D eigenvalue weighted by atomic mass is 10.0. The van der Waals surface area contributed by atoms with Crippen LogP contribution in [-0.2, 0) is 11.8 Å². The minimum absolute atomic E-state index is 0.0262. The van der Waals surface area contributed by atoms with Crippen LogP contribution in [0.1, 0.15) is 33.1 Å². The van der Waals surface area contributed by atoms with Crippen molar-refractivity contribution in [1.29, 1.82) is 0 Å². The molecular weight excluding hydrogens is 266 g/mol. The topological polar surface area (TPSA) is 76.2 Å². The van der Waals surface area contributed by atoms with Crippen LogP contribution < -0.4 is 16.0 Å². The second-order valence-electron chi connectivity index (χ2n) is 6.40. The minimum atomic E-state index is -0.404. The molecule has 3 N–H and O–H groups in total. The van der Waals surface area contributed by atoms with Crippen LogP contribution in [0.2, 0.25) is 0 Å². The number of anilines is 1. The molecule has 0 aromatic carbocycles. The largest absolute Gasteiger partial charge is 0.367 e. The van der Waals surface area contributed by atoms with Crippen molar-refractivity contribution in [2.45, 2.75) is 45.2 Å². The van der Waals surface area contributed by atoms with E-state index in [-0.39, 0.29) is 11.9 Å². The molecule has 6 heteroatoms. The monoisotopic (exact) mass is 293 g/mol. The van der Waals surface area contributed by atoms with Gasteiger partial charge in [-0.25, -0.2) is 0 Å². The molecule has 2 rings (SSSR count). The maximum atomic E-state index is 12.1. The molecule has 1 saturated heterocycles. The zero-order valence-electron chi connectivity index (χ0n) is 13.2. The summed E-state index contributed by atoms with van der Waals surface area (Å²) in [6.45, 7) is 6.00. The third kappa shape index (κ3) is 4.46. The predicted octanol–water partition coefficient (Wildman–Crippen LogP) is 0.879. The summed E-state index contributed by atoms with van der Waals surface area (Å²) in [5.41, 5.74) is 7.06. The van der Waals surface area contributed by atoms with E-state index >= 15 is 0 Å². The van der Waals surface area contributed by atoms with Gasteiger partial charge in [-0.05, 0) is 25.2 Å². The summed E-state index contributed by atoms with van der Waals surface area (Å²) in [5, 5.41) is 7.30. The zero-order chi connectivity index (χ0) is 15.4. The first-order valence-corrected chi connectivity index (χ1v) is 7.75. The van der Waals surface area contributed by atoms with Crippen molar-refractivity contribution in [3.63, 3.8) is 0 Å². The number of nitrogens with two attached hydrogens (primary N) is 1. The van der Waals surface area contributed by atoms with Gasteiger partial charge in [-0.15, -0.1) is 0 Å². The van der Waals surface area contributed by atoms with Crippen molar-refractivity contribution in [3.05, 3.63) is 12.4 Å². The normalized spacial score (nSPS) is 20.6. The Morgan fingerprint density at radius 3 is 2.95 bits per heavy atom. The Bertz CT molecular complexity index is 470. The fourth-order valence-corrected chi connectivity index (χ4v) is 2.82. The highest BCUT2D eigenvalue weighted by atomic mass is 16.2. The summed E-state index contributed by atoms with van der Waals surface area (Å²) in [6.07, 6.45) is 6.68. The fraction of sp³-hybridized carbons (Fsp3) is 0.733. The molecule has 0 radical (unpaired) electrons. The van der Waals surface area contributed by atoms with Crippen LogP contribution in [0, 0.1) is 5.92 Å². The maximum Gasteiger partial charge on any atom is 0.237 e. The van der Waals surface area contributed by atoms with E-state index in [1.54, 1.807) is 4.68 Å². The Balaban J connectivity index is 1.88. The predicted molar refractivity (Wildman–Crippen MR) is 84.0 cm³/mol. The van der Waals surface area contributed by atoms with Gasteiger partial charge in [0.25, 0.3) is 0 Å². The van der Waals surface area contributed by atoms with Gasteiger partial charge in [0.1, 0.15) is 0 Å². The molecule has 1 aromatic heterocycles. The van der Waals surface area contributed by atoms with Gasteiger partial charge >= 0.3 is 0 Å². The summed E-state index contributed by atoms with van der Waals surface area (Å²) >= 11 is 0. The standard InChI is InChI=1S/C15H27N5O/c1-11(2)7-14(16)15(21)18-12-5-4-6-20(9-12)13-8-17-19(3)10-13/h8,10-12,14H,4-7,9,16H2,1-3H3,(H,18,21)/t12?,14-/m0/s1. The quantitative estimate of drug-likeness (QED) is 0.845. The number of rotatable bonds is 5. The van der Waals surface area contributed by atoms with Crippen LogP contribution in [-0.4, -0.2) is 40.9 Å². The number of carbonyl (C=O) groups excluding carboxylic acids is 1. The molecule has 0 aliphatic carbocycles. The van der Waals surface area contributed by atoms with Gasteiger partial charge in [-0.1, -0.05) is 13.8 Å². The average Bonchev–Trinajstić information content (AvgIpc) is 2.85. The highest BCUT2D eigenvalue weighted by molar-refractivity contribution is 5.81. The Hall–Kier alpha value is -1.56. The van der Waals surface area contributed by atoms with E-state index in [1.165, 1.54) is 0 Å². The van der Waals surface area contributed by atoms with Gasteiger partial charge in [0.2, 0.25) is 5.91 Å². The molecule has 1 unspecified atom stereocenters. The second-order valence-corrected chi connectivity index (χ2v) is 6.40. The van der Waals surface area contributed by atoms with Gasteiger partial charge in [0, 0.05) is 32.4 Å². The molecule has 21 heavy (non-hydrogen) atoms. The Morgan fingerprint density at radius 2 is 2.33 bits per heavy atom. The highest BCUT2D eigenvalue weighted by Crippen LogP contribution is 2.19. The van der Waals surface area contributed by atoms with Crippen LogP contribution >= 0.6 is 0 Å². The van der Waals surface area contributed by atoms with Crippen molar-refractivity contribution in [1.82, 2.24) is 15.1 Å². The first-order chi connectivity index (χ1) is 9.95. The van der Waals surface area contributed by atoms with E-state index in [2.05, 4.69) is 29.2 Å². The third-order valence-corrected chi connectivity index (χ3v) is 3.89. The molecule has 1 aliphatic rings. The van der Waals surface area contributed by atoms with E-state index in [0.717, 1.165) is 38.0 Å². The van der Waals surface area contributed by atoms with Crippen molar-refractivity contribution in [2.75, 3.05) is 18.0 Å². The molecule has 1 amide bonds. The molecule has 1 aliphatic heterocycles. The molecule has 0 saturated carbocycles. The Labute approximate surface area is 126 Å². The summed E-state index contributed by atoms with van der Waals surface area (Å²) < 4.78 is 1.80. The first kappa shape index (κ1) is 15.8. The summed E-state index contributed by atoms with van der Waals surface area (Å²) in [6, 6.07) is -0.233. The van der Waals surface area contributed by atoms with E-state index in [9.17, 15) is 4.79 Å². The molecule has 118 valence electrons. The van der Waals surface area contributed by atoms with Crippen LogP contribution in [0.5, 0.6) is 0 Å². The third-order valence-electron chi connectivity index (χ3n) is 3.89. The number of nitrogens with zero attached hydrogens (tertiary/aromatic N) is 3. The van der Waals surface area contributed by atoms with Gasteiger partial charge < -0.3 is 16.0 Å². The summed E-state index contributed by atoms with van der Waals surface area (Å²) in [5.74, 6) is 0.408. The molecule has 6 nitrogen and oxygen atoms in total. The molecule has 2 heterocycles. The second kappa shape index (κ2) is 6.93. The molecular formula is C15H27N5O. The highest BCUT2D eigenvalue weighted by Gasteiger charge is 2.24. The molecule has 0 bridgehead atoms. The van der Waals surface area contributed by atoms with Crippen molar-refractivity contribution < 1.29 is 4.79 Å². The zero-order valence-corrected chi connectivity index (χ0v) is 13.2. The van der Waals surface area contributed by atoms with Gasteiger partial charge in [-0.2, -0.15) is 5.10 Å². The van der Waals surface area contributed by atoms with E-state index < -0.39 is 6.04 Å². The van der Waals surface area contributed by atoms with Gasteiger partial charge in [-0.3, -0.25) is 9.48 Å². The molecule has 0 spiro atoms. The lowest BCUT2D eigenvalue weighted by molar-refractivity contribution is -0.123. The lowest BCUT2D eigenvalue weighted by Gasteiger charge is -2.34. The van der Waals surface area contributed by atoms with E-state index in [4.69, 9.17) is 5.73 Å². The van der Waals surface area contributed by atoms with Crippen molar-refractivity contribution >= 4 is 11.6 Å². The molecule has 2 atom stereocenters. The van der Waals surface area contributed by atoms with Gasteiger partial charge in [0.15, 0.2) is 0 Å². The van der Waals surface area contributed by atoms with Crippen LogP contribution in [0.15, 0.2) is 12.4 Å². The number of aryl methyl sites for hydroxylation is 1. The van der Waals surface area contributed by atoms with Crippen LogP contribution in [0.4, 0.5) is 5.69 Å². The lowest BCUT2D eigenvalue weighted by Crippen LogP contribution is -2.52. The fourth-order valence-electron chi connectivity index (χ4n) is 2.82. The van der Waals surface area contributed by atoms with Gasteiger partial charge in [0.05, 0.1) is 17.9 Å². The Kier molecular flexibility index (Phi) is 5.22. The number of carbonyl (C=O) groups is 1. The van der Waals surface area contributed by atoms with Crippen molar-refractivity contribution in [3.8, 4) is 0 Å². The molecule has 1 fully saturated rings. The number of piperidine rings is 1. The molecule has 1 aromatic rings. The average molecular weight is 293 g/mol. The maximum absolute atomic E-state index is 12.1.